The molecular formula is C13H19NO2. The number of nitrogen functional groups attached to an aromatic ring is 1. The summed E-state index contributed by atoms with van der Waals surface area (Å²) in [6, 6.07) is 3.88. The summed E-state index contributed by atoms with van der Waals surface area (Å²) in [5.41, 5.74) is 8.74. The van der Waals surface area contributed by atoms with Gasteiger partial charge in [-0.25, -0.2) is 0 Å². The minimum atomic E-state index is 0.261. The highest BCUT2D eigenvalue weighted by Gasteiger charge is 2.17. The molecule has 1 aromatic rings. The Labute approximate surface area is 96.5 Å². The summed E-state index contributed by atoms with van der Waals surface area (Å²) in [5, 5.41) is 0. The Morgan fingerprint density at radius 2 is 2.06 bits per heavy atom. The molecule has 1 unspecified atom stereocenters. The maximum absolute atomic E-state index is 5.83. The van der Waals surface area contributed by atoms with Gasteiger partial charge in [-0.15, -0.1) is 0 Å². The van der Waals surface area contributed by atoms with Gasteiger partial charge in [0, 0.05) is 12.3 Å². The number of hydrogen-bond donors (Lipinski definition) is 1. The Bertz CT molecular complexity index is 347. The van der Waals surface area contributed by atoms with E-state index in [1.807, 2.05) is 26.0 Å². The number of anilines is 1. The zero-order chi connectivity index (χ0) is 11.5. The lowest BCUT2D eigenvalue weighted by molar-refractivity contribution is 0.0675. The third-order valence-electron chi connectivity index (χ3n) is 2.92. The largest absolute Gasteiger partial charge is 0.490 e. The number of ether oxygens (including phenoxy) is 2. The summed E-state index contributed by atoms with van der Waals surface area (Å²) in [4.78, 5) is 0. The molecule has 3 nitrogen and oxygen atoms in total. The number of aryl methyl sites for hydroxylation is 2. The first kappa shape index (κ1) is 11.3. The molecule has 0 aliphatic carbocycles. The normalized spacial score (nSPS) is 20.0. The molecule has 1 aromatic carbocycles. The second-order valence-corrected chi connectivity index (χ2v) is 4.43. The quantitative estimate of drug-likeness (QED) is 0.797. The molecule has 0 amide bonds. The Kier molecular flexibility index (Phi) is 3.34. The number of benzene rings is 1. The molecule has 0 spiro atoms. The van der Waals surface area contributed by atoms with Gasteiger partial charge in [-0.3, -0.25) is 0 Å². The molecule has 0 bridgehead atoms. The van der Waals surface area contributed by atoms with Crippen LogP contribution in [0.4, 0.5) is 5.69 Å². The summed E-state index contributed by atoms with van der Waals surface area (Å²) in [7, 11) is 0. The number of rotatable bonds is 3. The van der Waals surface area contributed by atoms with Crippen molar-refractivity contribution in [2.75, 3.05) is 18.9 Å². The summed E-state index contributed by atoms with van der Waals surface area (Å²) in [6.07, 6.45) is 2.51. The summed E-state index contributed by atoms with van der Waals surface area (Å²) in [5.74, 6) is 0.949. The predicted octanol–water partition coefficient (Wildman–Crippen LogP) is 2.44. The van der Waals surface area contributed by atoms with Crippen LogP contribution in [-0.2, 0) is 4.74 Å². The van der Waals surface area contributed by atoms with Crippen molar-refractivity contribution in [1.29, 1.82) is 0 Å². The first-order valence-electron chi connectivity index (χ1n) is 5.78. The van der Waals surface area contributed by atoms with E-state index >= 15 is 0 Å². The molecular weight excluding hydrogens is 202 g/mol. The maximum atomic E-state index is 5.83. The Morgan fingerprint density at radius 1 is 1.38 bits per heavy atom. The van der Waals surface area contributed by atoms with E-state index in [2.05, 4.69) is 0 Å². The van der Waals surface area contributed by atoms with Gasteiger partial charge < -0.3 is 15.2 Å². The van der Waals surface area contributed by atoms with Gasteiger partial charge in [-0.2, -0.15) is 0 Å². The Balaban J connectivity index is 2.03. The smallest absolute Gasteiger partial charge is 0.125 e. The molecule has 3 heteroatoms. The fourth-order valence-electron chi connectivity index (χ4n) is 2.16. The first-order valence-corrected chi connectivity index (χ1v) is 5.78. The fraction of sp³-hybridized carbons (Fsp3) is 0.538. The van der Waals surface area contributed by atoms with E-state index in [9.17, 15) is 0 Å². The second kappa shape index (κ2) is 4.74. The van der Waals surface area contributed by atoms with Crippen LogP contribution in [-0.4, -0.2) is 19.3 Å². The van der Waals surface area contributed by atoms with Crippen molar-refractivity contribution in [1.82, 2.24) is 0 Å². The molecule has 1 heterocycles. The van der Waals surface area contributed by atoms with Crippen LogP contribution in [0.2, 0.25) is 0 Å². The standard InChI is InChI=1S/C13H19NO2/c1-9-6-11(14)7-10(2)13(9)16-8-12-4-3-5-15-12/h6-7,12H,3-5,8,14H2,1-2H3. The molecule has 1 fully saturated rings. The second-order valence-electron chi connectivity index (χ2n) is 4.43. The SMILES string of the molecule is Cc1cc(N)cc(C)c1OCC1CCCO1. The summed E-state index contributed by atoms with van der Waals surface area (Å²) < 4.78 is 11.4. The van der Waals surface area contributed by atoms with Crippen molar-refractivity contribution in [3.05, 3.63) is 23.3 Å². The lowest BCUT2D eigenvalue weighted by Gasteiger charge is -2.15. The average Bonchev–Trinajstić information content (AvgIpc) is 2.68. The van der Waals surface area contributed by atoms with Gasteiger partial charge >= 0.3 is 0 Å². The Morgan fingerprint density at radius 3 is 2.62 bits per heavy atom. The van der Waals surface area contributed by atoms with Crippen LogP contribution in [0.15, 0.2) is 12.1 Å². The van der Waals surface area contributed by atoms with Crippen LogP contribution < -0.4 is 10.5 Å². The van der Waals surface area contributed by atoms with Gasteiger partial charge in [0.2, 0.25) is 0 Å². The maximum Gasteiger partial charge on any atom is 0.125 e. The molecule has 2 N–H and O–H groups in total. The van der Waals surface area contributed by atoms with Gasteiger partial charge in [-0.1, -0.05) is 0 Å². The third-order valence-corrected chi connectivity index (χ3v) is 2.92. The molecule has 16 heavy (non-hydrogen) atoms. The van der Waals surface area contributed by atoms with Crippen molar-refractivity contribution in [2.24, 2.45) is 0 Å². The van der Waals surface area contributed by atoms with E-state index in [-0.39, 0.29) is 6.10 Å². The molecule has 0 saturated carbocycles. The molecule has 1 atom stereocenters. The van der Waals surface area contributed by atoms with Crippen LogP contribution in [0.1, 0.15) is 24.0 Å². The van der Waals surface area contributed by atoms with Crippen molar-refractivity contribution in [2.45, 2.75) is 32.8 Å². The van der Waals surface area contributed by atoms with Crippen LogP contribution >= 0.6 is 0 Å². The zero-order valence-corrected chi connectivity index (χ0v) is 9.95. The van der Waals surface area contributed by atoms with Gasteiger partial charge in [0.15, 0.2) is 0 Å². The lowest BCUT2D eigenvalue weighted by Crippen LogP contribution is -2.17. The highest BCUT2D eigenvalue weighted by Crippen LogP contribution is 2.26. The van der Waals surface area contributed by atoms with Gasteiger partial charge in [0.25, 0.3) is 0 Å². The average molecular weight is 221 g/mol. The van der Waals surface area contributed by atoms with Crippen LogP contribution in [0, 0.1) is 13.8 Å². The minimum Gasteiger partial charge on any atom is -0.490 e. The van der Waals surface area contributed by atoms with Crippen LogP contribution in [0.3, 0.4) is 0 Å². The molecule has 1 aliphatic heterocycles. The number of nitrogens with two attached hydrogens (primary N) is 1. The van der Waals surface area contributed by atoms with Gasteiger partial charge in [0.05, 0.1) is 6.10 Å². The molecule has 0 aromatic heterocycles. The summed E-state index contributed by atoms with van der Waals surface area (Å²) in [6.45, 7) is 5.56. The fourth-order valence-corrected chi connectivity index (χ4v) is 2.16. The van der Waals surface area contributed by atoms with E-state index in [4.69, 9.17) is 15.2 Å². The van der Waals surface area contributed by atoms with E-state index in [0.717, 1.165) is 42.0 Å². The molecule has 88 valence electrons. The molecule has 1 aliphatic rings. The molecule has 0 radical (unpaired) electrons. The van der Waals surface area contributed by atoms with E-state index in [0.29, 0.717) is 6.61 Å². The van der Waals surface area contributed by atoms with Crippen LogP contribution in [0.5, 0.6) is 5.75 Å². The van der Waals surface area contributed by atoms with Crippen molar-refractivity contribution in [3.8, 4) is 5.75 Å². The highest BCUT2D eigenvalue weighted by molar-refractivity contribution is 5.52. The predicted molar refractivity (Wildman–Crippen MR) is 64.8 cm³/mol. The summed E-state index contributed by atoms with van der Waals surface area (Å²) >= 11 is 0. The van der Waals surface area contributed by atoms with Gasteiger partial charge in [0.1, 0.15) is 12.4 Å². The van der Waals surface area contributed by atoms with Crippen molar-refractivity contribution >= 4 is 5.69 Å². The molecule has 2 rings (SSSR count). The zero-order valence-electron chi connectivity index (χ0n) is 9.95. The van der Waals surface area contributed by atoms with E-state index < -0.39 is 0 Å². The third kappa shape index (κ3) is 2.47. The topological polar surface area (TPSA) is 44.5 Å². The van der Waals surface area contributed by atoms with Crippen molar-refractivity contribution in [3.63, 3.8) is 0 Å². The minimum absolute atomic E-state index is 0.261. The lowest BCUT2D eigenvalue weighted by atomic mass is 10.1. The molecule has 1 saturated heterocycles. The van der Waals surface area contributed by atoms with Crippen molar-refractivity contribution < 1.29 is 9.47 Å². The number of hydrogen-bond acceptors (Lipinski definition) is 3. The Hall–Kier alpha value is -1.22. The van der Waals surface area contributed by atoms with E-state index in [1.54, 1.807) is 0 Å². The van der Waals surface area contributed by atoms with E-state index in [1.165, 1.54) is 0 Å². The monoisotopic (exact) mass is 221 g/mol. The highest BCUT2D eigenvalue weighted by atomic mass is 16.5. The first-order chi connectivity index (χ1) is 7.66. The van der Waals surface area contributed by atoms with Gasteiger partial charge in [-0.05, 0) is 49.9 Å². The van der Waals surface area contributed by atoms with Crippen LogP contribution in [0.25, 0.3) is 0 Å².